The van der Waals surface area contributed by atoms with Gasteiger partial charge < -0.3 is 15.2 Å². The van der Waals surface area contributed by atoms with Crippen LogP contribution >= 0.6 is 11.6 Å². The van der Waals surface area contributed by atoms with Gasteiger partial charge in [-0.3, -0.25) is 9.97 Å². The highest BCUT2D eigenvalue weighted by Crippen LogP contribution is 2.33. The van der Waals surface area contributed by atoms with Crippen molar-refractivity contribution in [3.8, 4) is 0 Å². The Kier molecular flexibility index (Phi) is 8.58. The SMILES string of the molecule is C=c1nccn/c1=C/C(C)=C\C.CCc1[nH]c2nc(C)nc(N(C)CCC3CNC3)c2c1Cl. The van der Waals surface area contributed by atoms with Crippen LogP contribution in [-0.4, -0.2) is 51.6 Å². The van der Waals surface area contributed by atoms with Crippen molar-refractivity contribution in [3.63, 3.8) is 0 Å². The molecule has 0 aliphatic carbocycles. The zero-order chi connectivity index (χ0) is 24.0. The van der Waals surface area contributed by atoms with Crippen LogP contribution in [0.5, 0.6) is 0 Å². The summed E-state index contributed by atoms with van der Waals surface area (Å²) in [5, 5.41) is 6.59. The Bertz CT molecular complexity index is 1230. The van der Waals surface area contributed by atoms with Crippen molar-refractivity contribution in [2.75, 3.05) is 31.6 Å². The Morgan fingerprint density at radius 2 is 2.00 bits per heavy atom. The maximum atomic E-state index is 6.51. The Balaban J connectivity index is 0.000000218. The van der Waals surface area contributed by atoms with E-state index in [0.717, 1.165) is 76.1 Å². The molecule has 1 aliphatic heterocycles. The first-order valence-corrected chi connectivity index (χ1v) is 11.8. The lowest BCUT2D eigenvalue weighted by atomic mass is 9.99. The zero-order valence-corrected chi connectivity index (χ0v) is 21.0. The molecule has 4 heterocycles. The largest absolute Gasteiger partial charge is 0.359 e. The molecule has 0 spiro atoms. The first kappa shape index (κ1) is 24.9. The van der Waals surface area contributed by atoms with Crippen molar-refractivity contribution >= 4 is 41.1 Å². The Labute approximate surface area is 200 Å². The smallest absolute Gasteiger partial charge is 0.144 e. The van der Waals surface area contributed by atoms with Crippen LogP contribution in [0.15, 0.2) is 24.0 Å². The summed E-state index contributed by atoms with van der Waals surface area (Å²) >= 11 is 6.51. The first-order chi connectivity index (χ1) is 15.8. The maximum absolute atomic E-state index is 6.51. The summed E-state index contributed by atoms with van der Waals surface area (Å²) in [5.74, 6) is 2.50. The van der Waals surface area contributed by atoms with Gasteiger partial charge >= 0.3 is 0 Å². The third-order valence-electron chi connectivity index (χ3n) is 5.84. The number of nitrogens with one attached hydrogen (secondary N) is 2. The van der Waals surface area contributed by atoms with Crippen LogP contribution < -0.4 is 20.9 Å². The van der Waals surface area contributed by atoms with E-state index in [4.69, 9.17) is 11.6 Å². The average Bonchev–Trinajstić information content (AvgIpc) is 3.09. The standard InChI is InChI=1S/C15H22ClN5.C10H12N2/c1-4-11-13(16)12-14(20-11)18-9(2)19-15(12)21(3)6-5-10-7-17-8-10;1-4-8(2)7-10-9(3)11-5-6-12-10/h10,17H,4-8H2,1-3H3,(H,18,19,20);4-7H,3H2,1-2H3/b;8-4-,10-7+. The molecule has 3 aromatic rings. The molecule has 8 heteroatoms. The fourth-order valence-electron chi connectivity index (χ4n) is 3.55. The van der Waals surface area contributed by atoms with Gasteiger partial charge in [-0.05, 0) is 58.7 Å². The lowest BCUT2D eigenvalue weighted by Gasteiger charge is -2.29. The summed E-state index contributed by atoms with van der Waals surface area (Å²) < 4.78 is 0. The lowest BCUT2D eigenvalue weighted by Crippen LogP contribution is -2.43. The number of hydrogen-bond acceptors (Lipinski definition) is 6. The van der Waals surface area contributed by atoms with Crippen molar-refractivity contribution in [1.82, 2.24) is 30.2 Å². The number of aryl methyl sites for hydroxylation is 2. The van der Waals surface area contributed by atoms with E-state index in [0.29, 0.717) is 0 Å². The van der Waals surface area contributed by atoms with Crippen LogP contribution in [0, 0.1) is 12.8 Å². The molecule has 3 aromatic heterocycles. The van der Waals surface area contributed by atoms with E-state index in [1.807, 2.05) is 32.9 Å². The topological polar surface area (TPSA) is 82.6 Å². The minimum Gasteiger partial charge on any atom is -0.359 e. The predicted octanol–water partition coefficient (Wildman–Crippen LogP) is 3.16. The normalized spacial score (nSPS) is 14.7. The number of nitrogens with zero attached hydrogens (tertiary/aromatic N) is 5. The predicted molar refractivity (Wildman–Crippen MR) is 138 cm³/mol. The molecular formula is C25H34ClN7. The molecule has 2 N–H and O–H groups in total. The fraction of sp³-hybridized carbons (Fsp3) is 0.440. The maximum Gasteiger partial charge on any atom is 0.144 e. The fourth-order valence-corrected chi connectivity index (χ4v) is 3.91. The molecular weight excluding hydrogens is 434 g/mol. The van der Waals surface area contributed by atoms with Crippen LogP contribution in [0.25, 0.3) is 23.7 Å². The summed E-state index contributed by atoms with van der Waals surface area (Å²) in [7, 11) is 2.09. The molecule has 7 nitrogen and oxygen atoms in total. The van der Waals surface area contributed by atoms with Crippen LogP contribution in [0.2, 0.25) is 5.02 Å². The van der Waals surface area contributed by atoms with Crippen LogP contribution in [0.1, 0.15) is 38.7 Å². The minimum atomic E-state index is 0.721. The molecule has 1 aliphatic rings. The van der Waals surface area contributed by atoms with Crippen molar-refractivity contribution in [2.24, 2.45) is 5.92 Å². The van der Waals surface area contributed by atoms with Gasteiger partial charge in [0.15, 0.2) is 0 Å². The monoisotopic (exact) mass is 467 g/mol. The number of rotatable bonds is 6. The number of aromatic amines is 1. The number of hydrogen-bond donors (Lipinski definition) is 2. The molecule has 0 saturated carbocycles. The number of anilines is 1. The van der Waals surface area contributed by atoms with Crippen molar-refractivity contribution in [2.45, 2.75) is 40.5 Å². The first-order valence-electron chi connectivity index (χ1n) is 11.4. The minimum absolute atomic E-state index is 0.721. The van der Waals surface area contributed by atoms with Crippen LogP contribution in [0.4, 0.5) is 5.82 Å². The van der Waals surface area contributed by atoms with E-state index < -0.39 is 0 Å². The molecule has 1 saturated heterocycles. The number of fused-ring (bicyclic) bond motifs is 1. The quantitative estimate of drug-likeness (QED) is 0.579. The summed E-state index contributed by atoms with van der Waals surface area (Å²) in [4.78, 5) is 22.8. The molecule has 0 amide bonds. The highest BCUT2D eigenvalue weighted by molar-refractivity contribution is 6.37. The molecule has 0 unspecified atom stereocenters. The van der Waals surface area contributed by atoms with Crippen LogP contribution in [-0.2, 0) is 6.42 Å². The van der Waals surface area contributed by atoms with Gasteiger partial charge in [0.25, 0.3) is 0 Å². The van der Waals surface area contributed by atoms with Crippen molar-refractivity contribution < 1.29 is 0 Å². The Hall–Kier alpha value is -2.77. The van der Waals surface area contributed by atoms with Gasteiger partial charge in [0.1, 0.15) is 17.3 Å². The van der Waals surface area contributed by atoms with Crippen molar-refractivity contribution in [3.05, 3.63) is 51.3 Å². The summed E-state index contributed by atoms with van der Waals surface area (Å²) in [6, 6.07) is 0. The van der Waals surface area contributed by atoms with Gasteiger partial charge in [0.2, 0.25) is 0 Å². The van der Waals surface area contributed by atoms with E-state index in [2.05, 4.69) is 55.7 Å². The zero-order valence-electron chi connectivity index (χ0n) is 20.2. The molecule has 176 valence electrons. The van der Waals surface area contributed by atoms with Gasteiger partial charge in [0.05, 0.1) is 21.1 Å². The molecule has 0 bridgehead atoms. The second-order valence-electron chi connectivity index (χ2n) is 8.39. The summed E-state index contributed by atoms with van der Waals surface area (Å²) in [5.41, 5.74) is 3.04. The van der Waals surface area contributed by atoms with Gasteiger partial charge in [0, 0.05) is 31.7 Å². The highest BCUT2D eigenvalue weighted by Gasteiger charge is 2.20. The number of halogens is 1. The van der Waals surface area contributed by atoms with E-state index in [-0.39, 0.29) is 0 Å². The molecule has 0 aromatic carbocycles. The van der Waals surface area contributed by atoms with E-state index in [9.17, 15) is 0 Å². The van der Waals surface area contributed by atoms with E-state index >= 15 is 0 Å². The Morgan fingerprint density at radius 3 is 2.61 bits per heavy atom. The van der Waals surface area contributed by atoms with Gasteiger partial charge in [-0.1, -0.05) is 36.8 Å². The molecule has 0 atom stereocenters. The van der Waals surface area contributed by atoms with Crippen molar-refractivity contribution in [1.29, 1.82) is 0 Å². The van der Waals surface area contributed by atoms with E-state index in [1.165, 1.54) is 12.0 Å². The second-order valence-corrected chi connectivity index (χ2v) is 8.77. The van der Waals surface area contributed by atoms with Gasteiger partial charge in [-0.15, -0.1) is 0 Å². The molecule has 0 radical (unpaired) electrons. The average molecular weight is 468 g/mol. The highest BCUT2D eigenvalue weighted by atomic mass is 35.5. The number of H-pyrrole nitrogens is 1. The lowest BCUT2D eigenvalue weighted by molar-refractivity contribution is 0.330. The Morgan fingerprint density at radius 1 is 1.27 bits per heavy atom. The molecule has 33 heavy (non-hydrogen) atoms. The molecule has 4 rings (SSSR count). The third-order valence-corrected chi connectivity index (χ3v) is 6.25. The number of allylic oxidation sites excluding steroid dienone is 2. The van der Waals surface area contributed by atoms with Gasteiger partial charge in [-0.25, -0.2) is 9.97 Å². The summed E-state index contributed by atoms with van der Waals surface area (Å²) in [6.45, 7) is 15.1. The van der Waals surface area contributed by atoms with E-state index in [1.54, 1.807) is 12.4 Å². The second kappa shape index (κ2) is 11.4. The van der Waals surface area contributed by atoms with Crippen LogP contribution in [0.3, 0.4) is 0 Å². The third kappa shape index (κ3) is 6.18. The summed E-state index contributed by atoms with van der Waals surface area (Å²) in [6.07, 6.45) is 9.35. The number of aromatic nitrogens is 5. The van der Waals surface area contributed by atoms with Gasteiger partial charge in [-0.2, -0.15) is 0 Å². The molecule has 1 fully saturated rings.